The van der Waals surface area contributed by atoms with E-state index in [0.29, 0.717) is 36.1 Å². The molecule has 4 N–H and O–H groups in total. The minimum atomic E-state index is -0.836. The van der Waals surface area contributed by atoms with Crippen LogP contribution >= 0.6 is 11.6 Å². The Morgan fingerprint density at radius 3 is 2.81 bits per heavy atom. The molecule has 0 heterocycles. The standard InChI is InChI=1S/C25H34ClNO5/c26-17-6-5-7-20(14-17)32-16-19(28)12-13-22-21(23(29)15-24(22)30)8-3-1-2-4-9-25(31)27-18-10-11-18/h1,3,5-7,12-14,18-19,21-24,28-30H,2,4,8-11,15-16H2,(H,27,31)/b3-1-,13-12+/t19-,21-,22-,23+,24-/m1/s1. The number of hydrogen-bond donors (Lipinski definition) is 4. The van der Waals surface area contributed by atoms with Crippen molar-refractivity contribution in [2.45, 2.75) is 69.3 Å². The zero-order chi connectivity index (χ0) is 22.9. The summed E-state index contributed by atoms with van der Waals surface area (Å²) in [5.74, 6) is 0.351. The Labute approximate surface area is 194 Å². The molecule has 2 saturated carbocycles. The number of unbranched alkanes of at least 4 members (excludes halogenated alkanes) is 1. The Bertz CT molecular complexity index is 794. The summed E-state index contributed by atoms with van der Waals surface area (Å²) < 4.78 is 5.55. The number of ether oxygens (including phenoxy) is 1. The smallest absolute Gasteiger partial charge is 0.220 e. The fraction of sp³-hybridized carbons (Fsp3) is 0.560. The molecule has 0 aromatic heterocycles. The van der Waals surface area contributed by atoms with Crippen LogP contribution in [0.25, 0.3) is 0 Å². The molecule has 0 spiro atoms. The van der Waals surface area contributed by atoms with E-state index in [1.54, 1.807) is 36.4 Å². The Morgan fingerprint density at radius 1 is 1.25 bits per heavy atom. The van der Waals surface area contributed by atoms with Crippen LogP contribution in [-0.2, 0) is 4.79 Å². The largest absolute Gasteiger partial charge is 0.491 e. The molecule has 1 amide bonds. The van der Waals surface area contributed by atoms with Gasteiger partial charge in [-0.25, -0.2) is 0 Å². The summed E-state index contributed by atoms with van der Waals surface area (Å²) in [6.45, 7) is 0.0705. The zero-order valence-corrected chi connectivity index (χ0v) is 19.0. The summed E-state index contributed by atoms with van der Waals surface area (Å²) in [6, 6.07) is 7.37. The fourth-order valence-electron chi connectivity index (χ4n) is 4.04. The van der Waals surface area contributed by atoms with Crippen molar-refractivity contribution in [1.82, 2.24) is 5.32 Å². The number of aliphatic hydroxyl groups is 3. The van der Waals surface area contributed by atoms with Crippen LogP contribution in [0, 0.1) is 11.8 Å². The average molecular weight is 464 g/mol. The van der Waals surface area contributed by atoms with Gasteiger partial charge in [0.25, 0.3) is 0 Å². The van der Waals surface area contributed by atoms with Crippen LogP contribution in [0.3, 0.4) is 0 Å². The van der Waals surface area contributed by atoms with E-state index in [1.165, 1.54) is 0 Å². The molecule has 2 aliphatic rings. The summed E-state index contributed by atoms with van der Waals surface area (Å²) in [6.07, 6.45) is 10.7. The topological polar surface area (TPSA) is 99.0 Å². The molecule has 3 rings (SSSR count). The number of carbonyl (C=O) groups is 1. The molecule has 2 fully saturated rings. The van der Waals surface area contributed by atoms with Gasteiger partial charge in [-0.15, -0.1) is 0 Å². The van der Waals surface area contributed by atoms with Gasteiger partial charge in [0.1, 0.15) is 18.5 Å². The third-order valence-electron chi connectivity index (χ3n) is 5.98. The lowest BCUT2D eigenvalue weighted by molar-refractivity contribution is -0.121. The van der Waals surface area contributed by atoms with Crippen molar-refractivity contribution in [2.24, 2.45) is 11.8 Å². The molecule has 176 valence electrons. The third-order valence-corrected chi connectivity index (χ3v) is 6.22. The van der Waals surface area contributed by atoms with Crippen molar-refractivity contribution in [2.75, 3.05) is 6.61 Å². The quantitative estimate of drug-likeness (QED) is 0.281. The van der Waals surface area contributed by atoms with Crippen molar-refractivity contribution in [3.8, 4) is 5.75 Å². The number of allylic oxidation sites excluding steroid dienone is 2. The molecular formula is C25H34ClNO5. The lowest BCUT2D eigenvalue weighted by Crippen LogP contribution is -2.24. The van der Waals surface area contributed by atoms with Crippen LogP contribution in [0.4, 0.5) is 0 Å². The predicted molar refractivity (Wildman–Crippen MR) is 124 cm³/mol. The molecule has 0 aliphatic heterocycles. The number of benzene rings is 1. The molecule has 2 aliphatic carbocycles. The van der Waals surface area contributed by atoms with E-state index in [1.807, 2.05) is 12.2 Å². The van der Waals surface area contributed by atoms with Gasteiger partial charge in [0.15, 0.2) is 0 Å². The van der Waals surface area contributed by atoms with Crippen LogP contribution in [0.2, 0.25) is 5.02 Å². The van der Waals surface area contributed by atoms with Gasteiger partial charge in [-0.1, -0.05) is 42.0 Å². The van der Waals surface area contributed by atoms with Gasteiger partial charge in [0, 0.05) is 29.8 Å². The van der Waals surface area contributed by atoms with Crippen LogP contribution in [0.15, 0.2) is 48.6 Å². The van der Waals surface area contributed by atoms with Gasteiger partial charge >= 0.3 is 0 Å². The summed E-state index contributed by atoms with van der Waals surface area (Å²) in [4.78, 5) is 11.7. The van der Waals surface area contributed by atoms with E-state index in [2.05, 4.69) is 5.32 Å². The number of rotatable bonds is 12. The molecule has 7 heteroatoms. The summed E-state index contributed by atoms with van der Waals surface area (Å²) in [5.41, 5.74) is 0. The van der Waals surface area contributed by atoms with Crippen molar-refractivity contribution in [3.05, 3.63) is 53.6 Å². The zero-order valence-electron chi connectivity index (χ0n) is 18.3. The fourth-order valence-corrected chi connectivity index (χ4v) is 4.22. The van der Waals surface area contributed by atoms with Crippen molar-refractivity contribution < 1.29 is 24.9 Å². The highest BCUT2D eigenvalue weighted by molar-refractivity contribution is 6.30. The van der Waals surface area contributed by atoms with E-state index in [9.17, 15) is 20.1 Å². The van der Waals surface area contributed by atoms with E-state index in [-0.39, 0.29) is 24.3 Å². The van der Waals surface area contributed by atoms with Crippen LogP contribution in [0.5, 0.6) is 5.75 Å². The van der Waals surface area contributed by atoms with Crippen LogP contribution < -0.4 is 10.1 Å². The normalized spacial score (nSPS) is 26.6. The van der Waals surface area contributed by atoms with Gasteiger partial charge in [-0.3, -0.25) is 4.79 Å². The first-order valence-electron chi connectivity index (χ1n) is 11.5. The highest BCUT2D eigenvalue weighted by Gasteiger charge is 2.39. The molecule has 1 aromatic carbocycles. The Morgan fingerprint density at radius 2 is 2.06 bits per heavy atom. The minimum Gasteiger partial charge on any atom is -0.491 e. The molecule has 0 radical (unpaired) electrons. The molecule has 0 saturated heterocycles. The Balaban J connectivity index is 1.40. The van der Waals surface area contributed by atoms with Crippen molar-refractivity contribution >= 4 is 17.5 Å². The van der Waals surface area contributed by atoms with E-state index in [4.69, 9.17) is 16.3 Å². The van der Waals surface area contributed by atoms with Gasteiger partial charge in [0.2, 0.25) is 5.91 Å². The second kappa shape index (κ2) is 12.4. The lowest BCUT2D eigenvalue weighted by atomic mass is 9.89. The van der Waals surface area contributed by atoms with Gasteiger partial charge in [0.05, 0.1) is 12.2 Å². The van der Waals surface area contributed by atoms with Crippen molar-refractivity contribution in [1.29, 1.82) is 0 Å². The molecule has 32 heavy (non-hydrogen) atoms. The van der Waals surface area contributed by atoms with E-state index < -0.39 is 18.3 Å². The maximum atomic E-state index is 11.7. The number of carbonyl (C=O) groups excluding carboxylic acids is 1. The Hall–Kier alpha value is -1.86. The first-order valence-corrected chi connectivity index (χ1v) is 11.9. The number of nitrogens with one attached hydrogen (secondary N) is 1. The van der Waals surface area contributed by atoms with Crippen LogP contribution in [-0.4, -0.2) is 52.2 Å². The number of aliphatic hydroxyl groups excluding tert-OH is 3. The molecule has 0 unspecified atom stereocenters. The molecule has 1 aromatic rings. The Kier molecular flexibility index (Phi) is 9.60. The molecular weight excluding hydrogens is 430 g/mol. The van der Waals surface area contributed by atoms with Gasteiger partial charge in [-0.05, 0) is 56.2 Å². The van der Waals surface area contributed by atoms with E-state index >= 15 is 0 Å². The van der Waals surface area contributed by atoms with Gasteiger partial charge < -0.3 is 25.4 Å². The first-order chi connectivity index (χ1) is 15.4. The summed E-state index contributed by atoms with van der Waals surface area (Å²) in [7, 11) is 0. The number of amides is 1. The second-order valence-electron chi connectivity index (χ2n) is 8.77. The van der Waals surface area contributed by atoms with Crippen LogP contribution in [0.1, 0.15) is 44.9 Å². The first kappa shape index (κ1) is 24.8. The monoisotopic (exact) mass is 463 g/mol. The number of halogens is 1. The molecule has 6 nitrogen and oxygen atoms in total. The lowest BCUT2D eigenvalue weighted by Gasteiger charge is -2.19. The van der Waals surface area contributed by atoms with Gasteiger partial charge in [-0.2, -0.15) is 0 Å². The third kappa shape index (κ3) is 8.24. The number of hydrogen-bond acceptors (Lipinski definition) is 5. The van der Waals surface area contributed by atoms with Crippen molar-refractivity contribution in [3.63, 3.8) is 0 Å². The maximum absolute atomic E-state index is 11.7. The summed E-state index contributed by atoms with van der Waals surface area (Å²) >= 11 is 5.93. The molecule has 0 bridgehead atoms. The average Bonchev–Trinajstić information content (AvgIpc) is 3.52. The summed E-state index contributed by atoms with van der Waals surface area (Å²) in [5, 5.41) is 34.5. The highest BCUT2D eigenvalue weighted by Crippen LogP contribution is 2.36. The predicted octanol–water partition coefficient (Wildman–Crippen LogP) is 3.39. The minimum absolute atomic E-state index is 0.0705. The SMILES string of the molecule is O=C(CCC/C=C\C[C@@H]1[C@@H](/C=C/[C@@H](O)COc2cccc(Cl)c2)[C@H](O)C[C@@H]1O)NC1CC1. The molecule has 5 atom stereocenters. The highest BCUT2D eigenvalue weighted by atomic mass is 35.5. The second-order valence-corrected chi connectivity index (χ2v) is 9.21. The van der Waals surface area contributed by atoms with E-state index in [0.717, 1.165) is 25.7 Å². The maximum Gasteiger partial charge on any atom is 0.220 e.